The molecule has 8 nitrogen and oxygen atoms in total. The molecule has 2 heterocycles. The minimum absolute atomic E-state index is 0.106. The number of hydrogen-bond donors (Lipinski definition) is 2. The number of nitrogens with zero attached hydrogens (tertiary/aromatic N) is 4. The van der Waals surface area contributed by atoms with Crippen LogP contribution < -0.4 is 10.6 Å². The lowest BCUT2D eigenvalue weighted by molar-refractivity contribution is -0.117. The fourth-order valence-corrected chi connectivity index (χ4v) is 8.37. The van der Waals surface area contributed by atoms with Crippen LogP contribution in [-0.4, -0.2) is 56.0 Å². The Morgan fingerprint density at radius 1 is 0.919 bits per heavy atom. The maximum atomic E-state index is 12.8. The van der Waals surface area contributed by atoms with Gasteiger partial charge in [-0.15, -0.1) is 10.2 Å². The number of hydrogen-bond acceptors (Lipinski definition) is 6. The van der Waals surface area contributed by atoms with Gasteiger partial charge in [0.15, 0.2) is 5.16 Å². The van der Waals surface area contributed by atoms with E-state index in [1.807, 2.05) is 18.2 Å². The first kappa shape index (κ1) is 24.9. The largest absolute Gasteiger partial charge is 0.332 e. The molecule has 0 unspecified atom stereocenters. The lowest BCUT2D eigenvalue weighted by Gasteiger charge is -2.56. The van der Waals surface area contributed by atoms with Gasteiger partial charge in [-0.2, -0.15) is 0 Å². The highest BCUT2D eigenvalue weighted by atomic mass is 32.2. The van der Waals surface area contributed by atoms with Crippen LogP contribution in [0, 0.1) is 17.8 Å². The van der Waals surface area contributed by atoms with Gasteiger partial charge < -0.3 is 9.88 Å². The van der Waals surface area contributed by atoms with E-state index >= 15 is 0 Å². The number of rotatable bonds is 8. The molecule has 0 atom stereocenters. The number of benzene rings is 1. The molecule has 0 spiro atoms. The monoisotopic (exact) mass is 522 g/mol. The molecule has 2 aromatic rings. The van der Waals surface area contributed by atoms with E-state index in [9.17, 15) is 9.59 Å². The van der Waals surface area contributed by atoms with Crippen molar-refractivity contribution in [2.24, 2.45) is 17.8 Å². The van der Waals surface area contributed by atoms with Crippen LogP contribution in [0.4, 0.5) is 4.79 Å². The molecule has 3 amide bonds. The van der Waals surface area contributed by atoms with Crippen molar-refractivity contribution in [2.45, 2.75) is 81.6 Å². The highest BCUT2D eigenvalue weighted by Crippen LogP contribution is 2.55. The predicted molar refractivity (Wildman–Crippen MR) is 143 cm³/mol. The number of piperidine rings is 1. The number of imide groups is 1. The van der Waals surface area contributed by atoms with Crippen LogP contribution in [0.15, 0.2) is 35.5 Å². The molecule has 9 heteroatoms. The third-order valence-electron chi connectivity index (χ3n) is 8.79. The number of carbonyl (C=O) groups is 2. The second-order valence-corrected chi connectivity index (χ2v) is 12.7. The van der Waals surface area contributed by atoms with Crippen molar-refractivity contribution >= 4 is 23.7 Å². The van der Waals surface area contributed by atoms with Gasteiger partial charge in [0.2, 0.25) is 5.91 Å². The molecule has 1 saturated heterocycles. The molecule has 5 fully saturated rings. The normalized spacial score (nSPS) is 28.8. The van der Waals surface area contributed by atoms with Crippen molar-refractivity contribution < 1.29 is 9.59 Å². The Hall–Kier alpha value is -2.39. The third-order valence-corrected chi connectivity index (χ3v) is 9.76. The Morgan fingerprint density at radius 3 is 2.27 bits per heavy atom. The predicted octanol–water partition coefficient (Wildman–Crippen LogP) is 4.20. The van der Waals surface area contributed by atoms with Gasteiger partial charge in [-0.25, -0.2) is 4.79 Å². The van der Waals surface area contributed by atoms with Gasteiger partial charge in [-0.3, -0.25) is 15.0 Å². The van der Waals surface area contributed by atoms with E-state index < -0.39 is 0 Å². The highest BCUT2D eigenvalue weighted by molar-refractivity contribution is 7.99. The van der Waals surface area contributed by atoms with Crippen LogP contribution in [0.3, 0.4) is 0 Å². The zero-order valence-corrected chi connectivity index (χ0v) is 22.3. The van der Waals surface area contributed by atoms with Crippen molar-refractivity contribution in [1.29, 1.82) is 0 Å². The summed E-state index contributed by atoms with van der Waals surface area (Å²) in [5.74, 6) is 2.99. The van der Waals surface area contributed by atoms with Crippen LogP contribution in [-0.2, 0) is 17.9 Å². The summed E-state index contributed by atoms with van der Waals surface area (Å²) >= 11 is 1.35. The minimum atomic E-state index is -0.343. The summed E-state index contributed by atoms with van der Waals surface area (Å²) in [5, 5.41) is 15.5. The molecule has 1 aliphatic heterocycles. The molecule has 4 saturated carbocycles. The van der Waals surface area contributed by atoms with Gasteiger partial charge in [0.1, 0.15) is 5.82 Å². The van der Waals surface area contributed by atoms with Crippen molar-refractivity contribution in [2.75, 3.05) is 18.8 Å². The Balaban J connectivity index is 1.07. The van der Waals surface area contributed by atoms with Crippen LogP contribution in [0.2, 0.25) is 0 Å². The summed E-state index contributed by atoms with van der Waals surface area (Å²) in [6.45, 7) is 3.59. The molecule has 4 bridgehead atoms. The second-order valence-electron chi connectivity index (χ2n) is 11.8. The molecule has 4 aliphatic carbocycles. The van der Waals surface area contributed by atoms with Crippen LogP contribution in [0.25, 0.3) is 0 Å². The highest BCUT2D eigenvalue weighted by Gasteiger charge is 2.51. The maximum absolute atomic E-state index is 12.8. The van der Waals surface area contributed by atoms with Crippen molar-refractivity contribution in [3.05, 3.63) is 41.7 Å². The van der Waals surface area contributed by atoms with Gasteiger partial charge in [0, 0.05) is 5.54 Å². The van der Waals surface area contributed by atoms with Gasteiger partial charge in [0.25, 0.3) is 0 Å². The molecule has 198 valence electrons. The summed E-state index contributed by atoms with van der Waals surface area (Å²) < 4.78 is 2.12. The third kappa shape index (κ3) is 5.87. The van der Waals surface area contributed by atoms with E-state index in [2.05, 4.69) is 42.4 Å². The zero-order valence-electron chi connectivity index (χ0n) is 21.5. The lowest BCUT2D eigenvalue weighted by atomic mass is 9.53. The van der Waals surface area contributed by atoms with E-state index in [-0.39, 0.29) is 23.2 Å². The SMILES string of the molecule is O=C(CSc1nnc(CN2CCCCC2)n1Cc1ccccc1)NC(=O)NC12CC3CC(CC(C3)C1)C2. The average Bonchev–Trinajstić information content (AvgIpc) is 3.23. The first-order chi connectivity index (χ1) is 18.0. The number of nitrogens with one attached hydrogen (secondary N) is 2. The second kappa shape index (κ2) is 10.8. The van der Waals surface area contributed by atoms with Crippen LogP contribution >= 0.6 is 11.8 Å². The van der Waals surface area contributed by atoms with E-state index in [1.54, 1.807) is 0 Å². The molecule has 37 heavy (non-hydrogen) atoms. The molecule has 5 aliphatic rings. The summed E-state index contributed by atoms with van der Waals surface area (Å²) in [6, 6.07) is 9.93. The molecule has 7 rings (SSSR count). The van der Waals surface area contributed by atoms with Crippen molar-refractivity contribution in [3.63, 3.8) is 0 Å². The minimum Gasteiger partial charge on any atom is -0.332 e. The lowest BCUT2D eigenvalue weighted by Crippen LogP contribution is -2.61. The first-order valence-corrected chi connectivity index (χ1v) is 15.0. The Kier molecular flexibility index (Phi) is 7.25. The number of carbonyl (C=O) groups excluding carboxylic acids is 2. The van der Waals surface area contributed by atoms with E-state index in [0.29, 0.717) is 11.7 Å². The van der Waals surface area contributed by atoms with Crippen molar-refractivity contribution in [3.8, 4) is 0 Å². The van der Waals surface area contributed by atoms with E-state index in [0.717, 1.165) is 62.5 Å². The standard InChI is InChI=1S/C28H38N6O2S/c35-25(29-26(36)30-28-14-21-11-22(15-28)13-23(12-21)16-28)19-37-27-32-31-24(18-33-9-5-2-6-10-33)34(27)17-20-7-3-1-4-8-20/h1,3-4,7-8,21-23H,2,5-6,9-19H2,(H2,29,30,35,36). The molecule has 1 aromatic carbocycles. The summed E-state index contributed by atoms with van der Waals surface area (Å²) in [6.07, 6.45) is 10.9. The van der Waals surface area contributed by atoms with Crippen molar-refractivity contribution in [1.82, 2.24) is 30.3 Å². The Morgan fingerprint density at radius 2 is 1.59 bits per heavy atom. The first-order valence-electron chi connectivity index (χ1n) is 14.0. The Labute approximate surface area is 223 Å². The smallest absolute Gasteiger partial charge is 0.321 e. The molecular formula is C28H38N6O2S. The number of aromatic nitrogens is 3. The number of urea groups is 1. The summed E-state index contributed by atoms with van der Waals surface area (Å²) in [5.41, 5.74) is 1.06. The number of likely N-dealkylation sites (tertiary alicyclic amines) is 1. The molecule has 0 radical (unpaired) electrons. The fourth-order valence-electron chi connectivity index (χ4n) is 7.61. The Bertz CT molecular complexity index is 1080. The van der Waals surface area contributed by atoms with Crippen LogP contribution in [0.1, 0.15) is 69.2 Å². The average molecular weight is 523 g/mol. The summed E-state index contributed by atoms with van der Waals surface area (Å²) in [4.78, 5) is 28.0. The van der Waals surface area contributed by atoms with Gasteiger partial charge in [0.05, 0.1) is 18.8 Å². The molecule has 2 N–H and O–H groups in total. The van der Waals surface area contributed by atoms with E-state index in [1.165, 1.54) is 55.9 Å². The summed E-state index contributed by atoms with van der Waals surface area (Å²) in [7, 11) is 0. The van der Waals surface area contributed by atoms with E-state index in [4.69, 9.17) is 0 Å². The fraction of sp³-hybridized carbons (Fsp3) is 0.643. The topological polar surface area (TPSA) is 92.2 Å². The number of thioether (sulfide) groups is 1. The van der Waals surface area contributed by atoms with Crippen LogP contribution in [0.5, 0.6) is 0 Å². The maximum Gasteiger partial charge on any atom is 0.321 e. The van der Waals surface area contributed by atoms with Gasteiger partial charge >= 0.3 is 6.03 Å². The quantitative estimate of drug-likeness (QED) is 0.505. The molecular weight excluding hydrogens is 484 g/mol. The zero-order chi connectivity index (χ0) is 25.2. The van der Waals surface area contributed by atoms with Gasteiger partial charge in [-0.05, 0) is 87.8 Å². The number of amides is 3. The molecule has 1 aromatic heterocycles. The van der Waals surface area contributed by atoms with Gasteiger partial charge in [-0.1, -0.05) is 48.5 Å².